The molecule has 1 unspecified atom stereocenters. The van der Waals surface area contributed by atoms with Crippen LogP contribution in [0.1, 0.15) is 22.4 Å². The number of benzene rings is 3. The Bertz CT molecular complexity index is 1380. The molecule has 9 heteroatoms. The standard InChI is InChI=1S/C29H26N2O6.Li/c32-28(33)26-16-23-15-25(35-14-13-24-19-36-27(30-24)21-9-5-2-6-10-21)12-11-22(23)17-31(26)29(34)37-18-20-7-3-1-4-8-20;/h1-12,15,19,26H,13-14,16-18H2,(H,32,33);/q;+1/p-1. The predicted octanol–water partition coefficient (Wildman–Crippen LogP) is 0.781. The second-order valence-electron chi connectivity index (χ2n) is 8.75. The SMILES string of the molecule is O=C([O-])C1Cc2cc(OCCc3coc(-c4ccccc4)n3)ccc2CN1C(=O)OCc1ccccc1.[Li+]. The van der Waals surface area contributed by atoms with Crippen LogP contribution in [0, 0.1) is 0 Å². The summed E-state index contributed by atoms with van der Waals surface area (Å²) in [6, 6.07) is 23.2. The van der Waals surface area contributed by atoms with Crippen LogP contribution >= 0.6 is 0 Å². The minimum atomic E-state index is -1.33. The monoisotopic (exact) mass is 504 g/mol. The summed E-state index contributed by atoms with van der Waals surface area (Å²) in [6.45, 7) is 0.554. The normalized spacial score (nSPS) is 14.2. The Hall–Kier alpha value is -3.99. The van der Waals surface area contributed by atoms with E-state index in [-0.39, 0.29) is 38.4 Å². The van der Waals surface area contributed by atoms with Gasteiger partial charge in [0, 0.05) is 18.5 Å². The van der Waals surface area contributed by atoms with Crippen LogP contribution in [0.4, 0.5) is 4.79 Å². The molecule has 1 aliphatic heterocycles. The third-order valence-electron chi connectivity index (χ3n) is 6.22. The van der Waals surface area contributed by atoms with Crippen molar-refractivity contribution >= 4 is 12.1 Å². The van der Waals surface area contributed by atoms with Crippen molar-refractivity contribution in [2.75, 3.05) is 6.61 Å². The van der Waals surface area contributed by atoms with Gasteiger partial charge in [-0.2, -0.15) is 0 Å². The molecule has 1 amide bonds. The van der Waals surface area contributed by atoms with Gasteiger partial charge < -0.3 is 23.8 Å². The first kappa shape index (κ1) is 27.1. The van der Waals surface area contributed by atoms with E-state index < -0.39 is 18.1 Å². The molecule has 0 aliphatic carbocycles. The molecular formula is C29H25LiN2O6. The topological polar surface area (TPSA) is 105 Å². The quantitative estimate of drug-likeness (QED) is 0.327. The van der Waals surface area contributed by atoms with E-state index in [9.17, 15) is 14.7 Å². The van der Waals surface area contributed by atoms with Gasteiger partial charge in [0.1, 0.15) is 18.6 Å². The molecule has 188 valence electrons. The summed E-state index contributed by atoms with van der Waals surface area (Å²) < 4.78 is 16.8. The van der Waals surface area contributed by atoms with Crippen molar-refractivity contribution in [3.05, 3.63) is 108 Å². The fourth-order valence-corrected chi connectivity index (χ4v) is 4.26. The third-order valence-corrected chi connectivity index (χ3v) is 6.22. The van der Waals surface area contributed by atoms with Crippen LogP contribution in [0.5, 0.6) is 5.75 Å². The van der Waals surface area contributed by atoms with Crippen LogP contribution in [0.2, 0.25) is 0 Å². The number of oxazole rings is 1. The van der Waals surface area contributed by atoms with E-state index in [0.29, 0.717) is 24.7 Å². The number of carbonyl (C=O) groups excluding carboxylic acids is 2. The Morgan fingerprint density at radius 2 is 1.74 bits per heavy atom. The summed E-state index contributed by atoms with van der Waals surface area (Å²) in [5.74, 6) is -0.152. The first-order chi connectivity index (χ1) is 18.1. The van der Waals surface area contributed by atoms with Crippen LogP contribution in [0.25, 0.3) is 11.5 Å². The van der Waals surface area contributed by atoms with E-state index in [1.54, 1.807) is 6.26 Å². The van der Waals surface area contributed by atoms with Gasteiger partial charge in [0.15, 0.2) is 0 Å². The molecule has 0 saturated carbocycles. The van der Waals surface area contributed by atoms with Crippen molar-refractivity contribution in [2.45, 2.75) is 32.0 Å². The number of hydrogen-bond acceptors (Lipinski definition) is 7. The number of rotatable bonds is 8. The number of fused-ring (bicyclic) bond motifs is 1. The average Bonchev–Trinajstić information content (AvgIpc) is 3.41. The van der Waals surface area contributed by atoms with Gasteiger partial charge in [0.25, 0.3) is 0 Å². The van der Waals surface area contributed by atoms with E-state index in [1.807, 2.05) is 78.9 Å². The Labute approximate surface area is 232 Å². The molecule has 8 nitrogen and oxygen atoms in total. The van der Waals surface area contributed by atoms with Crippen LogP contribution in [-0.2, 0) is 35.5 Å². The number of carboxylic acids is 1. The van der Waals surface area contributed by atoms with Gasteiger partial charge in [-0.1, -0.05) is 54.6 Å². The molecule has 0 saturated heterocycles. The van der Waals surface area contributed by atoms with E-state index in [1.165, 1.54) is 4.90 Å². The third kappa shape index (κ3) is 6.46. The molecule has 0 N–H and O–H groups in total. The van der Waals surface area contributed by atoms with Crippen molar-refractivity contribution in [3.8, 4) is 17.2 Å². The van der Waals surface area contributed by atoms with Crippen molar-refractivity contribution < 1.29 is 47.4 Å². The zero-order valence-electron chi connectivity index (χ0n) is 21.0. The Morgan fingerprint density at radius 3 is 2.47 bits per heavy atom. The molecular weight excluding hydrogens is 479 g/mol. The molecule has 1 atom stereocenters. The van der Waals surface area contributed by atoms with Gasteiger partial charge in [-0.05, 0) is 47.4 Å². The molecule has 1 aromatic heterocycles. The Balaban J connectivity index is 0.00000336. The molecule has 1 aliphatic rings. The molecule has 4 aromatic rings. The van der Waals surface area contributed by atoms with E-state index in [2.05, 4.69) is 4.98 Å². The van der Waals surface area contributed by atoms with Gasteiger partial charge in [-0.15, -0.1) is 0 Å². The maximum absolute atomic E-state index is 12.7. The van der Waals surface area contributed by atoms with E-state index >= 15 is 0 Å². The number of aliphatic carboxylic acids is 1. The Morgan fingerprint density at radius 1 is 1.00 bits per heavy atom. The van der Waals surface area contributed by atoms with Crippen molar-refractivity contribution in [2.24, 2.45) is 0 Å². The van der Waals surface area contributed by atoms with Gasteiger partial charge in [0.2, 0.25) is 5.89 Å². The number of hydrogen-bond donors (Lipinski definition) is 0. The van der Waals surface area contributed by atoms with Crippen LogP contribution in [0.3, 0.4) is 0 Å². The van der Waals surface area contributed by atoms with Gasteiger partial charge in [-0.3, -0.25) is 4.90 Å². The molecule has 0 radical (unpaired) electrons. The van der Waals surface area contributed by atoms with Crippen molar-refractivity contribution in [1.82, 2.24) is 9.88 Å². The van der Waals surface area contributed by atoms with Crippen LogP contribution in [0.15, 0.2) is 89.5 Å². The number of carbonyl (C=O) groups is 2. The summed E-state index contributed by atoms with van der Waals surface area (Å²) in [5.41, 5.74) is 4.14. The van der Waals surface area contributed by atoms with Crippen LogP contribution < -0.4 is 28.7 Å². The summed E-state index contributed by atoms with van der Waals surface area (Å²) in [4.78, 5) is 30.3. The zero-order chi connectivity index (χ0) is 25.6. The molecule has 0 fully saturated rings. The zero-order valence-corrected chi connectivity index (χ0v) is 21.0. The number of nitrogens with zero attached hydrogens (tertiary/aromatic N) is 2. The predicted molar refractivity (Wildman–Crippen MR) is 132 cm³/mol. The smallest absolute Gasteiger partial charge is 0.548 e. The van der Waals surface area contributed by atoms with Gasteiger partial charge >= 0.3 is 25.0 Å². The largest absolute Gasteiger partial charge is 1.00 e. The summed E-state index contributed by atoms with van der Waals surface area (Å²) >= 11 is 0. The van der Waals surface area contributed by atoms with Crippen molar-refractivity contribution in [1.29, 1.82) is 0 Å². The Kier molecular flexibility index (Phi) is 8.90. The number of amides is 1. The second-order valence-corrected chi connectivity index (χ2v) is 8.75. The minimum Gasteiger partial charge on any atom is -0.548 e. The molecule has 0 bridgehead atoms. The minimum absolute atomic E-state index is 0. The molecule has 0 spiro atoms. The molecule has 5 rings (SSSR count). The maximum Gasteiger partial charge on any atom is 1.00 e. The van der Waals surface area contributed by atoms with Crippen LogP contribution in [-0.4, -0.2) is 34.6 Å². The second kappa shape index (κ2) is 12.5. The molecule has 3 aromatic carbocycles. The summed E-state index contributed by atoms with van der Waals surface area (Å²) in [6.07, 6.45) is 1.59. The van der Waals surface area contributed by atoms with Gasteiger partial charge in [-0.25, -0.2) is 9.78 Å². The summed E-state index contributed by atoms with van der Waals surface area (Å²) in [5, 5.41) is 11.9. The van der Waals surface area contributed by atoms with E-state index in [4.69, 9.17) is 13.9 Å². The van der Waals surface area contributed by atoms with E-state index in [0.717, 1.165) is 27.9 Å². The average molecular weight is 504 g/mol. The van der Waals surface area contributed by atoms with Gasteiger partial charge in [0.05, 0.1) is 24.3 Å². The first-order valence-corrected chi connectivity index (χ1v) is 12.0. The number of carboxylic acid groups (broad SMARTS) is 1. The number of ether oxygens (including phenoxy) is 2. The molecule has 2 heterocycles. The summed E-state index contributed by atoms with van der Waals surface area (Å²) in [7, 11) is 0. The maximum atomic E-state index is 12.7. The fourth-order valence-electron chi connectivity index (χ4n) is 4.26. The van der Waals surface area contributed by atoms with Crippen molar-refractivity contribution in [3.63, 3.8) is 0 Å². The first-order valence-electron chi connectivity index (χ1n) is 12.0. The fraction of sp³-hybridized carbons (Fsp3) is 0.207. The number of aromatic nitrogens is 1. The molecule has 38 heavy (non-hydrogen) atoms.